The summed E-state index contributed by atoms with van der Waals surface area (Å²) in [6.07, 6.45) is 0. The molecule has 1 heterocycles. The fourth-order valence-electron chi connectivity index (χ4n) is 1.88. The molecule has 0 spiro atoms. The number of hydrogen-bond donors (Lipinski definition) is 2. The molecule has 0 aliphatic heterocycles. The van der Waals surface area contributed by atoms with Crippen LogP contribution in [0.15, 0.2) is 24.3 Å². The van der Waals surface area contributed by atoms with Crippen LogP contribution in [0.25, 0.3) is 0 Å². The number of benzene rings is 1. The Hall–Kier alpha value is -2.65. The zero-order valence-electron chi connectivity index (χ0n) is 11.4. The molecule has 0 saturated heterocycles. The second kappa shape index (κ2) is 5.77. The van der Waals surface area contributed by atoms with Crippen molar-refractivity contribution in [2.45, 2.75) is 13.8 Å². The molecular weight excluding hydrogens is 288 g/mol. The van der Waals surface area contributed by atoms with Gasteiger partial charge >= 0.3 is 5.97 Å². The molecule has 21 heavy (non-hydrogen) atoms. The molecule has 0 aliphatic rings. The number of carbonyl (C=O) groups excluding carboxylic acids is 1. The first-order valence-corrected chi connectivity index (χ1v) is 6.90. The van der Waals surface area contributed by atoms with E-state index in [0.717, 1.165) is 4.88 Å². The van der Waals surface area contributed by atoms with E-state index in [-0.39, 0.29) is 5.56 Å². The van der Waals surface area contributed by atoms with Crippen molar-refractivity contribution in [2.24, 2.45) is 0 Å². The molecule has 0 radical (unpaired) electrons. The molecule has 0 fully saturated rings. The summed E-state index contributed by atoms with van der Waals surface area (Å²) in [6.45, 7) is 3.51. The van der Waals surface area contributed by atoms with E-state index in [1.54, 1.807) is 32.0 Å². The number of carbonyl (C=O) groups is 2. The van der Waals surface area contributed by atoms with Gasteiger partial charge in [-0.3, -0.25) is 4.79 Å². The highest BCUT2D eigenvalue weighted by Crippen LogP contribution is 2.32. The smallest absolute Gasteiger partial charge is 0.338 e. The Morgan fingerprint density at radius 1 is 1.33 bits per heavy atom. The lowest BCUT2D eigenvalue weighted by Gasteiger charge is -2.05. The Morgan fingerprint density at radius 3 is 2.67 bits per heavy atom. The lowest BCUT2D eigenvalue weighted by Crippen LogP contribution is -2.13. The standard InChI is InChI=1S/C15H12N2O3S/c1-8-9(2)21-14(12(8)15(19)20)17-13(18)11-5-3-4-10(6-11)7-16/h3-6H,1-2H3,(H,17,18)(H,19,20). The number of nitrogens with one attached hydrogen (secondary N) is 1. The number of amides is 1. The number of nitrogens with zero attached hydrogens (tertiary/aromatic N) is 1. The second-order valence-corrected chi connectivity index (χ2v) is 5.66. The van der Waals surface area contributed by atoms with Crippen LogP contribution < -0.4 is 5.32 Å². The minimum atomic E-state index is -1.07. The van der Waals surface area contributed by atoms with Crippen LogP contribution in [0.3, 0.4) is 0 Å². The van der Waals surface area contributed by atoms with Gasteiger partial charge in [-0.2, -0.15) is 5.26 Å². The van der Waals surface area contributed by atoms with E-state index in [1.165, 1.54) is 17.4 Å². The monoisotopic (exact) mass is 300 g/mol. The normalized spacial score (nSPS) is 9.95. The Labute approximate surface area is 125 Å². The number of carboxylic acids is 1. The average Bonchev–Trinajstić information content (AvgIpc) is 2.73. The van der Waals surface area contributed by atoms with Gasteiger partial charge in [0.05, 0.1) is 17.2 Å². The van der Waals surface area contributed by atoms with Gasteiger partial charge in [-0.05, 0) is 37.6 Å². The van der Waals surface area contributed by atoms with Gasteiger partial charge in [0.2, 0.25) is 0 Å². The van der Waals surface area contributed by atoms with Gasteiger partial charge in [-0.25, -0.2) is 4.79 Å². The third-order valence-corrected chi connectivity index (χ3v) is 4.20. The number of rotatable bonds is 3. The van der Waals surface area contributed by atoms with Crippen molar-refractivity contribution in [3.63, 3.8) is 0 Å². The summed E-state index contributed by atoms with van der Waals surface area (Å²) in [4.78, 5) is 24.3. The van der Waals surface area contributed by atoms with Crippen molar-refractivity contribution < 1.29 is 14.7 Å². The molecule has 0 unspecified atom stereocenters. The van der Waals surface area contributed by atoms with E-state index in [4.69, 9.17) is 5.26 Å². The van der Waals surface area contributed by atoms with Gasteiger partial charge in [-0.1, -0.05) is 6.07 Å². The molecule has 106 valence electrons. The van der Waals surface area contributed by atoms with Crippen LogP contribution in [0.2, 0.25) is 0 Å². The van der Waals surface area contributed by atoms with E-state index in [1.807, 2.05) is 6.07 Å². The number of carboxylic acid groups (broad SMARTS) is 1. The maximum atomic E-state index is 12.2. The molecule has 0 aliphatic carbocycles. The zero-order chi connectivity index (χ0) is 15.6. The summed E-state index contributed by atoms with van der Waals surface area (Å²) in [5.74, 6) is -1.51. The minimum Gasteiger partial charge on any atom is -0.478 e. The van der Waals surface area contributed by atoms with Crippen molar-refractivity contribution in [1.82, 2.24) is 0 Å². The van der Waals surface area contributed by atoms with E-state index >= 15 is 0 Å². The van der Waals surface area contributed by atoms with Gasteiger partial charge < -0.3 is 10.4 Å². The minimum absolute atomic E-state index is 0.113. The molecule has 1 aromatic heterocycles. The Bertz CT molecular complexity index is 772. The summed E-state index contributed by atoms with van der Waals surface area (Å²) in [7, 11) is 0. The van der Waals surface area contributed by atoms with Crippen molar-refractivity contribution in [1.29, 1.82) is 5.26 Å². The third kappa shape index (κ3) is 2.93. The Morgan fingerprint density at radius 2 is 2.05 bits per heavy atom. The predicted molar refractivity (Wildman–Crippen MR) is 79.9 cm³/mol. The van der Waals surface area contributed by atoms with E-state index < -0.39 is 11.9 Å². The van der Waals surface area contributed by atoms with Crippen molar-refractivity contribution >= 4 is 28.2 Å². The quantitative estimate of drug-likeness (QED) is 0.910. The number of hydrogen-bond acceptors (Lipinski definition) is 4. The third-order valence-electron chi connectivity index (χ3n) is 3.08. The second-order valence-electron chi connectivity index (χ2n) is 4.44. The van der Waals surface area contributed by atoms with Crippen molar-refractivity contribution in [2.75, 3.05) is 5.32 Å². The maximum absolute atomic E-state index is 12.2. The molecule has 6 heteroatoms. The van der Waals surface area contributed by atoms with Gasteiger partial charge in [0, 0.05) is 10.4 Å². The lowest BCUT2D eigenvalue weighted by atomic mass is 10.1. The van der Waals surface area contributed by atoms with E-state index in [0.29, 0.717) is 21.7 Å². The molecule has 0 bridgehead atoms. The summed E-state index contributed by atoms with van der Waals surface area (Å²) in [5, 5.41) is 21.0. The predicted octanol–water partition coefficient (Wildman–Crippen LogP) is 3.19. The average molecular weight is 300 g/mol. The van der Waals surface area contributed by atoms with Crippen LogP contribution in [0, 0.1) is 25.2 Å². The maximum Gasteiger partial charge on any atom is 0.338 e. The largest absolute Gasteiger partial charge is 0.478 e. The zero-order valence-corrected chi connectivity index (χ0v) is 12.2. The van der Waals surface area contributed by atoms with Crippen LogP contribution in [-0.2, 0) is 0 Å². The highest BCUT2D eigenvalue weighted by Gasteiger charge is 2.20. The first kappa shape index (κ1) is 14.8. The Balaban J connectivity index is 2.34. The van der Waals surface area contributed by atoms with Crippen LogP contribution in [0.1, 0.15) is 36.7 Å². The molecular formula is C15H12N2O3S. The summed E-state index contributed by atoms with van der Waals surface area (Å²) in [5.41, 5.74) is 1.45. The lowest BCUT2D eigenvalue weighted by molar-refractivity contribution is 0.0697. The van der Waals surface area contributed by atoms with Crippen LogP contribution in [0.5, 0.6) is 0 Å². The molecule has 0 saturated carbocycles. The van der Waals surface area contributed by atoms with Gasteiger partial charge in [0.1, 0.15) is 5.00 Å². The first-order valence-electron chi connectivity index (χ1n) is 6.09. The van der Waals surface area contributed by atoms with Crippen molar-refractivity contribution in [3.05, 3.63) is 51.4 Å². The number of aromatic carboxylic acids is 1. The number of thiophene rings is 1. The number of anilines is 1. The summed E-state index contributed by atoms with van der Waals surface area (Å²) < 4.78 is 0. The fraction of sp³-hybridized carbons (Fsp3) is 0.133. The van der Waals surface area contributed by atoms with E-state index in [2.05, 4.69) is 5.32 Å². The Kier molecular flexibility index (Phi) is 4.05. The van der Waals surface area contributed by atoms with Gasteiger partial charge in [0.15, 0.2) is 0 Å². The van der Waals surface area contributed by atoms with Crippen LogP contribution in [-0.4, -0.2) is 17.0 Å². The number of aryl methyl sites for hydroxylation is 1. The topological polar surface area (TPSA) is 90.2 Å². The highest BCUT2D eigenvalue weighted by molar-refractivity contribution is 7.16. The van der Waals surface area contributed by atoms with Crippen molar-refractivity contribution in [3.8, 4) is 6.07 Å². The molecule has 2 rings (SSSR count). The SMILES string of the molecule is Cc1sc(NC(=O)c2cccc(C#N)c2)c(C(=O)O)c1C. The van der Waals surface area contributed by atoms with Gasteiger partial charge in [0.25, 0.3) is 5.91 Å². The van der Waals surface area contributed by atoms with Crippen LogP contribution >= 0.6 is 11.3 Å². The summed E-state index contributed by atoms with van der Waals surface area (Å²) >= 11 is 1.22. The summed E-state index contributed by atoms with van der Waals surface area (Å²) in [6, 6.07) is 8.20. The molecule has 1 amide bonds. The molecule has 2 N–H and O–H groups in total. The fourth-order valence-corrected chi connectivity index (χ4v) is 2.93. The highest BCUT2D eigenvalue weighted by atomic mass is 32.1. The molecule has 2 aromatic rings. The van der Waals surface area contributed by atoms with Crippen LogP contribution in [0.4, 0.5) is 5.00 Å². The first-order chi connectivity index (χ1) is 9.93. The molecule has 1 aromatic carbocycles. The van der Waals surface area contributed by atoms with Gasteiger partial charge in [-0.15, -0.1) is 11.3 Å². The number of nitriles is 1. The van der Waals surface area contributed by atoms with E-state index in [9.17, 15) is 14.7 Å². The molecule has 5 nitrogen and oxygen atoms in total. The molecule has 0 atom stereocenters.